The van der Waals surface area contributed by atoms with Gasteiger partial charge in [-0.25, -0.2) is 0 Å². The molecule has 0 aliphatic heterocycles. The maximum absolute atomic E-state index is 2.41. The van der Waals surface area contributed by atoms with Crippen LogP contribution in [0.15, 0.2) is 72.8 Å². The summed E-state index contributed by atoms with van der Waals surface area (Å²) in [6.07, 6.45) is 3.85. The molecule has 0 N–H and O–H groups in total. The SMILES string of the molecule is CCCCP(c1cc2ccccc2[cH-]1)c1cc2ccccc2[cH-]1.[F-].[F-].[Ti+4]. The Morgan fingerprint density at radius 3 is 1.65 bits per heavy atom. The monoisotopic (exact) mass is 402 g/mol. The van der Waals surface area contributed by atoms with Gasteiger partial charge in [-0.1, -0.05) is 33.4 Å². The molecule has 4 aromatic rings. The van der Waals surface area contributed by atoms with Crippen LogP contribution in [0, 0.1) is 0 Å². The molecule has 0 fully saturated rings. The van der Waals surface area contributed by atoms with Gasteiger partial charge in [0.2, 0.25) is 0 Å². The van der Waals surface area contributed by atoms with Gasteiger partial charge >= 0.3 is 21.7 Å². The fraction of sp³-hybridized carbons (Fsp3) is 0.182. The molecule has 0 spiro atoms. The topological polar surface area (TPSA) is 0 Å². The van der Waals surface area contributed by atoms with Gasteiger partial charge < -0.3 is 9.41 Å². The van der Waals surface area contributed by atoms with Crippen LogP contribution in [0.2, 0.25) is 0 Å². The number of benzene rings is 2. The van der Waals surface area contributed by atoms with Crippen molar-refractivity contribution in [3.8, 4) is 0 Å². The second-order valence-electron chi connectivity index (χ2n) is 6.19. The van der Waals surface area contributed by atoms with Gasteiger partial charge in [-0.15, -0.1) is 80.7 Å². The van der Waals surface area contributed by atoms with E-state index >= 15 is 0 Å². The first-order chi connectivity index (χ1) is 11.3. The standard InChI is InChI=1S/C22H21P.2FH.Ti/c1-2-3-12-23(21-13-17-8-4-5-9-18(17)14-21)22-15-19-10-6-7-11-20(19)16-22;;;/h4-11,13-16H,2-3,12H2,1H3;2*1H;/q-2;;;+4/p-2. The predicted octanol–water partition coefficient (Wildman–Crippen LogP) is -0.331. The summed E-state index contributed by atoms with van der Waals surface area (Å²) in [6, 6.07) is 27.1. The van der Waals surface area contributed by atoms with E-state index in [-0.39, 0.29) is 39.0 Å². The Balaban J connectivity index is 0.00000113. The van der Waals surface area contributed by atoms with E-state index in [1.165, 1.54) is 51.2 Å². The summed E-state index contributed by atoms with van der Waals surface area (Å²) in [5.74, 6) is 0. The van der Waals surface area contributed by atoms with E-state index in [1.807, 2.05) is 0 Å². The zero-order valence-electron chi connectivity index (χ0n) is 14.8. The van der Waals surface area contributed by atoms with Gasteiger partial charge in [0.05, 0.1) is 0 Å². The molecule has 0 aliphatic carbocycles. The molecule has 0 radical (unpaired) electrons. The molecule has 0 aliphatic rings. The Labute approximate surface area is 169 Å². The zero-order valence-corrected chi connectivity index (χ0v) is 17.2. The van der Waals surface area contributed by atoms with E-state index in [1.54, 1.807) is 0 Å². The molecule has 0 saturated heterocycles. The van der Waals surface area contributed by atoms with Crippen LogP contribution in [0.25, 0.3) is 21.5 Å². The molecule has 132 valence electrons. The zero-order chi connectivity index (χ0) is 15.6. The summed E-state index contributed by atoms with van der Waals surface area (Å²) in [6.45, 7) is 2.29. The van der Waals surface area contributed by atoms with Crippen LogP contribution in [0.5, 0.6) is 0 Å². The predicted molar refractivity (Wildman–Crippen MR) is 105 cm³/mol. The van der Waals surface area contributed by atoms with Crippen LogP contribution in [0.3, 0.4) is 0 Å². The van der Waals surface area contributed by atoms with Crippen LogP contribution in [0.4, 0.5) is 0 Å². The first-order valence-electron chi connectivity index (χ1n) is 8.43. The average molecular weight is 402 g/mol. The van der Waals surface area contributed by atoms with E-state index in [4.69, 9.17) is 0 Å². The first-order valence-corrected chi connectivity index (χ1v) is 9.96. The van der Waals surface area contributed by atoms with Crippen molar-refractivity contribution in [3.63, 3.8) is 0 Å². The van der Waals surface area contributed by atoms with Crippen molar-refractivity contribution in [1.82, 2.24) is 0 Å². The Morgan fingerprint density at radius 2 is 1.23 bits per heavy atom. The first kappa shape index (κ1) is 22.7. The Hall–Kier alpha value is -1.34. The number of fused-ring (bicyclic) bond motifs is 2. The molecule has 0 aromatic heterocycles. The second kappa shape index (κ2) is 10.1. The number of hydrogen-bond acceptors (Lipinski definition) is 0. The Bertz CT molecular complexity index is 801. The maximum Gasteiger partial charge on any atom is 4.00 e. The van der Waals surface area contributed by atoms with Crippen molar-refractivity contribution in [2.45, 2.75) is 19.8 Å². The molecular formula is C22H21F2PTi. The molecule has 0 amide bonds. The van der Waals surface area contributed by atoms with E-state index in [2.05, 4.69) is 79.7 Å². The molecule has 0 nitrogen and oxygen atoms in total. The minimum absolute atomic E-state index is 0. The molecule has 0 bridgehead atoms. The van der Waals surface area contributed by atoms with E-state index in [0.717, 1.165) is 0 Å². The molecule has 0 unspecified atom stereocenters. The summed E-state index contributed by atoms with van der Waals surface area (Å²) in [5, 5.41) is 8.57. The molecule has 0 heterocycles. The van der Waals surface area contributed by atoms with E-state index in [9.17, 15) is 0 Å². The van der Waals surface area contributed by atoms with Crippen molar-refractivity contribution in [2.24, 2.45) is 0 Å². The van der Waals surface area contributed by atoms with Gasteiger partial charge in [-0.2, -0.15) is 12.1 Å². The molecule has 4 aromatic carbocycles. The van der Waals surface area contributed by atoms with E-state index < -0.39 is 0 Å². The molecular weight excluding hydrogens is 381 g/mol. The third-order valence-electron chi connectivity index (χ3n) is 4.56. The number of unbranched alkanes of at least 4 members (excludes halogenated alkanes) is 1. The molecule has 0 saturated carbocycles. The number of hydrogen-bond donors (Lipinski definition) is 0. The molecule has 26 heavy (non-hydrogen) atoms. The summed E-state index contributed by atoms with van der Waals surface area (Å²) in [7, 11) is -0.250. The van der Waals surface area contributed by atoms with Gasteiger partial charge in [0.15, 0.2) is 0 Å². The molecule has 0 atom stereocenters. The maximum atomic E-state index is 2.41. The van der Waals surface area contributed by atoms with Crippen molar-refractivity contribution in [3.05, 3.63) is 72.8 Å². The summed E-state index contributed by atoms with van der Waals surface area (Å²) < 4.78 is 0. The van der Waals surface area contributed by atoms with Gasteiger partial charge in [0.1, 0.15) is 0 Å². The van der Waals surface area contributed by atoms with Crippen LogP contribution < -0.4 is 20.0 Å². The Morgan fingerprint density at radius 1 is 0.769 bits per heavy atom. The number of rotatable bonds is 5. The fourth-order valence-corrected chi connectivity index (χ4v) is 5.93. The smallest absolute Gasteiger partial charge is 1.00 e. The van der Waals surface area contributed by atoms with Crippen LogP contribution in [-0.2, 0) is 21.7 Å². The minimum atomic E-state index is -0.250. The quantitative estimate of drug-likeness (QED) is 0.244. The minimum Gasteiger partial charge on any atom is -1.00 e. The van der Waals surface area contributed by atoms with Crippen LogP contribution in [-0.4, -0.2) is 6.16 Å². The van der Waals surface area contributed by atoms with Crippen LogP contribution >= 0.6 is 7.92 Å². The van der Waals surface area contributed by atoms with Crippen molar-refractivity contribution in [1.29, 1.82) is 0 Å². The summed E-state index contributed by atoms with van der Waals surface area (Å²) in [5.41, 5.74) is 0. The van der Waals surface area contributed by atoms with Gasteiger partial charge in [-0.05, 0) is 12.6 Å². The van der Waals surface area contributed by atoms with Gasteiger partial charge in [0.25, 0.3) is 0 Å². The third kappa shape index (κ3) is 4.49. The fourth-order valence-electron chi connectivity index (χ4n) is 3.30. The van der Waals surface area contributed by atoms with Gasteiger partial charge in [-0.3, -0.25) is 0 Å². The average Bonchev–Trinajstić information content (AvgIpc) is 3.19. The third-order valence-corrected chi connectivity index (χ3v) is 7.09. The van der Waals surface area contributed by atoms with Gasteiger partial charge in [0, 0.05) is 0 Å². The molecule has 4 heteroatoms. The normalized spacial score (nSPS) is 10.4. The summed E-state index contributed by atoms with van der Waals surface area (Å²) in [4.78, 5) is 0. The largest absolute Gasteiger partial charge is 4.00 e. The summed E-state index contributed by atoms with van der Waals surface area (Å²) >= 11 is 0. The van der Waals surface area contributed by atoms with Crippen molar-refractivity contribution >= 4 is 40.1 Å². The molecule has 4 rings (SSSR count). The van der Waals surface area contributed by atoms with Crippen LogP contribution in [0.1, 0.15) is 19.8 Å². The second-order valence-corrected chi connectivity index (χ2v) is 8.53. The van der Waals surface area contributed by atoms with Crippen molar-refractivity contribution in [2.75, 3.05) is 6.16 Å². The number of halogens is 2. The van der Waals surface area contributed by atoms with E-state index in [0.29, 0.717) is 0 Å². The Kier molecular flexibility index (Phi) is 8.83. The van der Waals surface area contributed by atoms with Crippen molar-refractivity contribution < 1.29 is 31.1 Å².